The van der Waals surface area contributed by atoms with E-state index >= 15 is 0 Å². The Morgan fingerprint density at radius 3 is 3.05 bits per heavy atom. The van der Waals surface area contributed by atoms with Crippen molar-refractivity contribution in [3.63, 3.8) is 0 Å². The third-order valence-corrected chi connectivity index (χ3v) is 4.27. The summed E-state index contributed by atoms with van der Waals surface area (Å²) in [4.78, 5) is 20.4. The lowest BCUT2D eigenvalue weighted by atomic mass is 10.2. The first-order valence-corrected chi connectivity index (χ1v) is 7.56. The molecule has 2 heterocycles. The van der Waals surface area contributed by atoms with E-state index in [1.54, 1.807) is 18.5 Å². The van der Waals surface area contributed by atoms with E-state index in [0.29, 0.717) is 12.1 Å². The highest BCUT2D eigenvalue weighted by atomic mass is 79.9. The van der Waals surface area contributed by atoms with Crippen LogP contribution in [0.3, 0.4) is 0 Å². The second-order valence-corrected chi connectivity index (χ2v) is 6.50. The van der Waals surface area contributed by atoms with E-state index in [2.05, 4.69) is 31.2 Å². The maximum Gasteiger partial charge on any atom is 0.251 e. The Hall–Kier alpha value is -1.79. The molecule has 0 radical (unpaired) electrons. The zero-order valence-corrected chi connectivity index (χ0v) is 12.7. The number of hydrogen-bond acceptors (Lipinski definition) is 4. The lowest BCUT2D eigenvalue weighted by molar-refractivity contribution is 0.0951. The van der Waals surface area contributed by atoms with E-state index in [1.165, 1.54) is 11.3 Å². The Balaban J connectivity index is 1.75. The van der Waals surface area contributed by atoms with Crippen LogP contribution >= 0.6 is 27.3 Å². The first kappa shape index (κ1) is 13.2. The van der Waals surface area contributed by atoms with Crippen LogP contribution in [0.25, 0.3) is 10.2 Å². The van der Waals surface area contributed by atoms with Crippen molar-refractivity contribution in [3.05, 3.63) is 57.8 Å². The number of amides is 1. The molecule has 0 aliphatic carbocycles. The molecule has 20 heavy (non-hydrogen) atoms. The first-order valence-electron chi connectivity index (χ1n) is 5.95. The maximum absolute atomic E-state index is 12.1. The molecule has 0 saturated heterocycles. The Labute approximate surface area is 128 Å². The molecule has 3 rings (SSSR count). The van der Waals surface area contributed by atoms with E-state index in [-0.39, 0.29) is 5.91 Å². The zero-order valence-electron chi connectivity index (χ0n) is 10.3. The fourth-order valence-electron chi connectivity index (χ4n) is 1.82. The first-order chi connectivity index (χ1) is 9.72. The van der Waals surface area contributed by atoms with Crippen LogP contribution in [0.2, 0.25) is 0 Å². The number of nitrogens with one attached hydrogen (secondary N) is 1. The number of rotatable bonds is 3. The molecule has 100 valence electrons. The number of fused-ring (bicyclic) bond motifs is 1. The number of nitrogens with zero attached hydrogens (tertiary/aromatic N) is 2. The fourth-order valence-corrected chi connectivity index (χ4v) is 3.27. The number of hydrogen-bond donors (Lipinski definition) is 1. The normalized spacial score (nSPS) is 10.7. The summed E-state index contributed by atoms with van der Waals surface area (Å²) >= 11 is 4.86. The molecule has 1 aromatic carbocycles. The van der Waals surface area contributed by atoms with Crippen molar-refractivity contribution in [1.29, 1.82) is 0 Å². The van der Waals surface area contributed by atoms with Gasteiger partial charge < -0.3 is 5.32 Å². The van der Waals surface area contributed by atoms with Crippen LogP contribution in [-0.2, 0) is 6.54 Å². The number of benzene rings is 1. The van der Waals surface area contributed by atoms with Gasteiger partial charge in [0.05, 0.1) is 10.2 Å². The van der Waals surface area contributed by atoms with Gasteiger partial charge in [0.1, 0.15) is 0 Å². The molecule has 0 saturated carbocycles. The smallest absolute Gasteiger partial charge is 0.251 e. The lowest BCUT2D eigenvalue weighted by Gasteiger charge is -2.04. The molecule has 6 heteroatoms. The van der Waals surface area contributed by atoms with Gasteiger partial charge in [-0.15, -0.1) is 11.3 Å². The van der Waals surface area contributed by atoms with Gasteiger partial charge >= 0.3 is 0 Å². The highest BCUT2D eigenvalue weighted by molar-refractivity contribution is 9.11. The van der Waals surface area contributed by atoms with Crippen LogP contribution in [0.1, 0.15) is 15.9 Å². The van der Waals surface area contributed by atoms with Gasteiger partial charge in [0, 0.05) is 24.5 Å². The summed E-state index contributed by atoms with van der Waals surface area (Å²) in [6, 6.07) is 9.28. The summed E-state index contributed by atoms with van der Waals surface area (Å²) in [7, 11) is 0. The molecule has 1 N–H and O–H groups in total. The number of aromatic nitrogens is 2. The zero-order chi connectivity index (χ0) is 13.9. The summed E-state index contributed by atoms with van der Waals surface area (Å²) < 4.78 is 1.81. The molecule has 0 aliphatic heterocycles. The molecule has 0 bridgehead atoms. The highest BCUT2D eigenvalue weighted by Gasteiger charge is 2.08. The van der Waals surface area contributed by atoms with Crippen LogP contribution in [0.4, 0.5) is 0 Å². The molecule has 1 amide bonds. The minimum atomic E-state index is -0.0970. The number of thiazole rings is 1. The Bertz CT molecular complexity index is 757. The number of carbonyl (C=O) groups is 1. The highest BCUT2D eigenvalue weighted by Crippen LogP contribution is 2.26. The number of carbonyl (C=O) groups excluding carboxylic acids is 1. The van der Waals surface area contributed by atoms with Gasteiger partial charge in [-0.25, -0.2) is 4.98 Å². The van der Waals surface area contributed by atoms with Crippen LogP contribution < -0.4 is 5.32 Å². The van der Waals surface area contributed by atoms with Crippen LogP contribution in [0, 0.1) is 0 Å². The third-order valence-electron chi connectivity index (χ3n) is 2.80. The molecule has 3 aromatic rings. The van der Waals surface area contributed by atoms with Gasteiger partial charge in [-0.1, -0.05) is 6.07 Å². The van der Waals surface area contributed by atoms with E-state index < -0.39 is 0 Å². The average molecular weight is 348 g/mol. The summed E-state index contributed by atoms with van der Waals surface area (Å²) in [5.41, 5.74) is 2.51. The van der Waals surface area contributed by atoms with Crippen molar-refractivity contribution in [2.75, 3.05) is 0 Å². The Morgan fingerprint density at radius 2 is 2.25 bits per heavy atom. The monoisotopic (exact) mass is 347 g/mol. The second kappa shape index (κ2) is 5.68. The van der Waals surface area contributed by atoms with Crippen LogP contribution in [0.15, 0.2) is 46.6 Å². The van der Waals surface area contributed by atoms with E-state index in [1.807, 2.05) is 24.3 Å². The molecular weight excluding hydrogens is 338 g/mol. The molecule has 2 aromatic heterocycles. The third kappa shape index (κ3) is 2.86. The minimum Gasteiger partial charge on any atom is -0.348 e. The molecule has 0 aliphatic rings. The van der Waals surface area contributed by atoms with Gasteiger partial charge in [0.25, 0.3) is 5.91 Å². The predicted octanol–water partition coefficient (Wildman–Crippen LogP) is 3.38. The molecular formula is C14H10BrN3OS. The molecule has 0 atom stereocenters. The Morgan fingerprint density at radius 1 is 1.35 bits per heavy atom. The summed E-state index contributed by atoms with van der Waals surface area (Å²) in [5.74, 6) is -0.0970. The van der Waals surface area contributed by atoms with Gasteiger partial charge in [-0.05, 0) is 45.8 Å². The van der Waals surface area contributed by atoms with Crippen molar-refractivity contribution < 1.29 is 4.79 Å². The van der Waals surface area contributed by atoms with E-state index in [4.69, 9.17) is 0 Å². The van der Waals surface area contributed by atoms with Crippen LogP contribution in [0.5, 0.6) is 0 Å². The van der Waals surface area contributed by atoms with Gasteiger partial charge in [-0.2, -0.15) is 0 Å². The number of halogens is 1. The SMILES string of the molecule is O=C(NCc1cccnc1)c1ccc2nc(Br)sc2c1. The lowest BCUT2D eigenvalue weighted by Crippen LogP contribution is -2.22. The number of pyridine rings is 1. The van der Waals surface area contributed by atoms with Gasteiger partial charge in [0.2, 0.25) is 0 Å². The summed E-state index contributed by atoms with van der Waals surface area (Å²) in [6.45, 7) is 0.469. The molecule has 0 fully saturated rings. The standard InChI is InChI=1S/C14H10BrN3OS/c15-14-18-11-4-3-10(6-12(11)20-14)13(19)17-8-9-2-1-5-16-7-9/h1-7H,8H2,(H,17,19). The predicted molar refractivity (Wildman–Crippen MR) is 82.7 cm³/mol. The van der Waals surface area contributed by atoms with Gasteiger partial charge in [-0.3, -0.25) is 9.78 Å². The van der Waals surface area contributed by atoms with E-state index in [9.17, 15) is 4.79 Å². The van der Waals surface area contributed by atoms with Crippen molar-refractivity contribution >= 4 is 43.4 Å². The average Bonchev–Trinajstić information content (AvgIpc) is 2.85. The maximum atomic E-state index is 12.1. The molecule has 0 spiro atoms. The van der Waals surface area contributed by atoms with Crippen LogP contribution in [-0.4, -0.2) is 15.9 Å². The quantitative estimate of drug-likeness (QED) is 0.790. The van der Waals surface area contributed by atoms with Crippen molar-refractivity contribution in [3.8, 4) is 0 Å². The summed E-state index contributed by atoms with van der Waals surface area (Å²) in [5, 5.41) is 2.88. The van der Waals surface area contributed by atoms with Crippen molar-refractivity contribution in [2.24, 2.45) is 0 Å². The Kier molecular flexibility index (Phi) is 3.75. The van der Waals surface area contributed by atoms with Crippen molar-refractivity contribution in [1.82, 2.24) is 15.3 Å². The van der Waals surface area contributed by atoms with Crippen molar-refractivity contribution in [2.45, 2.75) is 6.54 Å². The second-order valence-electron chi connectivity index (χ2n) is 4.19. The topological polar surface area (TPSA) is 54.9 Å². The summed E-state index contributed by atoms with van der Waals surface area (Å²) in [6.07, 6.45) is 3.45. The molecule has 4 nitrogen and oxygen atoms in total. The van der Waals surface area contributed by atoms with Gasteiger partial charge in [0.15, 0.2) is 3.92 Å². The largest absolute Gasteiger partial charge is 0.348 e. The molecule has 0 unspecified atom stereocenters. The fraction of sp³-hybridized carbons (Fsp3) is 0.0714. The minimum absolute atomic E-state index is 0.0970. The van der Waals surface area contributed by atoms with E-state index in [0.717, 1.165) is 19.7 Å².